The van der Waals surface area contributed by atoms with Crippen molar-refractivity contribution in [3.63, 3.8) is 0 Å². The smallest absolute Gasteiger partial charge is 0.315 e. The lowest BCUT2D eigenvalue weighted by atomic mass is 9.52. The van der Waals surface area contributed by atoms with E-state index in [9.17, 15) is 14.9 Å². The van der Waals surface area contributed by atoms with Gasteiger partial charge in [0.1, 0.15) is 6.07 Å². The molecular formula is C24H26N6O3. The predicted molar refractivity (Wildman–Crippen MR) is 118 cm³/mol. The third-order valence-electron chi connectivity index (χ3n) is 7.90. The van der Waals surface area contributed by atoms with Crippen molar-refractivity contribution in [2.45, 2.75) is 62.8 Å². The van der Waals surface area contributed by atoms with Crippen LogP contribution < -0.4 is 15.5 Å². The summed E-state index contributed by atoms with van der Waals surface area (Å²) >= 11 is 0. The summed E-state index contributed by atoms with van der Waals surface area (Å²) < 4.78 is 5.88. The third-order valence-corrected chi connectivity index (χ3v) is 7.90. The van der Waals surface area contributed by atoms with Gasteiger partial charge in [-0.05, 0) is 55.2 Å². The van der Waals surface area contributed by atoms with Crippen LogP contribution in [0, 0.1) is 16.7 Å². The van der Waals surface area contributed by atoms with Gasteiger partial charge in [0.25, 0.3) is 0 Å². The topological polar surface area (TPSA) is 124 Å². The fourth-order valence-corrected chi connectivity index (χ4v) is 5.79. The van der Waals surface area contributed by atoms with E-state index in [1.165, 1.54) is 32.1 Å². The van der Waals surface area contributed by atoms with Crippen molar-refractivity contribution >= 4 is 23.5 Å². The maximum Gasteiger partial charge on any atom is 0.315 e. The SMILES string of the molecule is N#Cc1cc(C2CCC(=O)NC2=O)ccc1N1CC(Nc2nnc(C3CC4(CCC4)C3)o2)C1. The van der Waals surface area contributed by atoms with Crippen molar-refractivity contribution in [3.05, 3.63) is 35.2 Å². The van der Waals surface area contributed by atoms with Crippen LogP contribution in [0.1, 0.15) is 73.8 Å². The molecule has 3 heterocycles. The molecule has 0 radical (unpaired) electrons. The molecule has 1 aromatic carbocycles. The Balaban J connectivity index is 1.06. The molecule has 0 bridgehead atoms. The number of rotatable bonds is 5. The van der Waals surface area contributed by atoms with Gasteiger partial charge in [-0.2, -0.15) is 5.26 Å². The van der Waals surface area contributed by atoms with Crippen LogP contribution in [0.5, 0.6) is 0 Å². The molecule has 9 heteroatoms. The van der Waals surface area contributed by atoms with E-state index in [0.717, 1.165) is 30.2 Å². The molecular weight excluding hydrogens is 420 g/mol. The number of imide groups is 1. The molecule has 2 N–H and O–H groups in total. The molecule has 2 aliphatic heterocycles. The molecule has 2 aliphatic carbocycles. The zero-order chi connectivity index (χ0) is 22.6. The second-order valence-corrected chi connectivity index (χ2v) is 10.0. The highest BCUT2D eigenvalue weighted by Crippen LogP contribution is 2.61. The summed E-state index contributed by atoms with van der Waals surface area (Å²) in [5.41, 5.74) is 2.73. The molecule has 1 atom stereocenters. The van der Waals surface area contributed by atoms with Crippen LogP contribution in [0.15, 0.2) is 22.6 Å². The molecule has 1 spiro atoms. The second kappa shape index (κ2) is 7.58. The van der Waals surface area contributed by atoms with E-state index in [2.05, 4.69) is 31.8 Å². The minimum absolute atomic E-state index is 0.166. The molecule has 170 valence electrons. The molecule has 6 rings (SSSR count). The zero-order valence-electron chi connectivity index (χ0n) is 18.3. The van der Waals surface area contributed by atoms with Gasteiger partial charge in [-0.1, -0.05) is 17.6 Å². The first kappa shape index (κ1) is 20.2. The summed E-state index contributed by atoms with van der Waals surface area (Å²) in [6, 6.07) is 8.44. The normalized spacial score (nSPS) is 24.5. The van der Waals surface area contributed by atoms with Crippen molar-refractivity contribution < 1.29 is 14.0 Å². The van der Waals surface area contributed by atoms with Crippen molar-refractivity contribution in [3.8, 4) is 6.07 Å². The Bertz CT molecular complexity index is 1150. The number of piperidine rings is 1. The Morgan fingerprint density at radius 2 is 2.03 bits per heavy atom. The van der Waals surface area contributed by atoms with Gasteiger partial charge in [-0.15, -0.1) is 5.10 Å². The van der Waals surface area contributed by atoms with Gasteiger partial charge in [0.15, 0.2) is 0 Å². The molecule has 4 aliphatic rings. The van der Waals surface area contributed by atoms with E-state index >= 15 is 0 Å². The standard InChI is InChI=1S/C24H26N6O3/c25-11-15-8-14(18-3-5-20(31)27-21(18)32)2-4-19(15)30-12-17(13-30)26-23-29-28-22(33-23)16-9-24(10-16)6-1-7-24/h2,4,8,16-18H,1,3,5-7,9-10,12-13H2,(H,26,29)(H,27,31,32). The first-order chi connectivity index (χ1) is 16.0. The van der Waals surface area contributed by atoms with Crippen molar-refractivity contribution in [2.75, 3.05) is 23.3 Å². The lowest BCUT2D eigenvalue weighted by molar-refractivity contribution is -0.134. The number of nitrogens with zero attached hydrogens (tertiary/aromatic N) is 4. The highest BCUT2D eigenvalue weighted by molar-refractivity contribution is 6.01. The van der Waals surface area contributed by atoms with Crippen LogP contribution in [-0.4, -0.2) is 41.1 Å². The maximum atomic E-state index is 12.2. The van der Waals surface area contributed by atoms with Gasteiger partial charge >= 0.3 is 6.01 Å². The van der Waals surface area contributed by atoms with Crippen molar-refractivity contribution in [1.29, 1.82) is 5.26 Å². The predicted octanol–water partition coefficient (Wildman–Crippen LogP) is 2.81. The number of aromatic nitrogens is 2. The van der Waals surface area contributed by atoms with Crippen LogP contribution >= 0.6 is 0 Å². The highest BCUT2D eigenvalue weighted by Gasteiger charge is 2.50. The summed E-state index contributed by atoms with van der Waals surface area (Å²) in [4.78, 5) is 25.7. The number of carbonyl (C=O) groups excluding carboxylic acids is 2. The number of amides is 2. The summed E-state index contributed by atoms with van der Waals surface area (Å²) in [7, 11) is 0. The van der Waals surface area contributed by atoms with E-state index in [-0.39, 0.29) is 17.9 Å². The third kappa shape index (κ3) is 3.54. The number of anilines is 2. The lowest BCUT2D eigenvalue weighted by Gasteiger charge is -2.53. The summed E-state index contributed by atoms with van der Waals surface area (Å²) in [5.74, 6) is 0.237. The lowest BCUT2D eigenvalue weighted by Crippen LogP contribution is -2.55. The molecule has 2 aromatic rings. The number of hydrogen-bond acceptors (Lipinski definition) is 8. The van der Waals surface area contributed by atoms with Gasteiger partial charge in [0.2, 0.25) is 17.7 Å². The average Bonchev–Trinajstić information content (AvgIpc) is 3.16. The quantitative estimate of drug-likeness (QED) is 0.672. The van der Waals surface area contributed by atoms with Crippen molar-refractivity contribution in [1.82, 2.24) is 15.5 Å². The largest absolute Gasteiger partial charge is 0.408 e. The molecule has 1 unspecified atom stereocenters. The van der Waals surface area contributed by atoms with Crippen LogP contribution in [0.2, 0.25) is 0 Å². The van der Waals surface area contributed by atoms with E-state index in [4.69, 9.17) is 4.42 Å². The monoisotopic (exact) mass is 446 g/mol. The van der Waals surface area contributed by atoms with Crippen LogP contribution in [0.4, 0.5) is 11.7 Å². The first-order valence-corrected chi connectivity index (χ1v) is 11.7. The summed E-state index contributed by atoms with van der Waals surface area (Å²) in [5, 5.41) is 23.8. The van der Waals surface area contributed by atoms with Gasteiger partial charge < -0.3 is 14.6 Å². The molecule has 2 saturated carbocycles. The maximum absolute atomic E-state index is 12.2. The molecule has 2 amide bonds. The van der Waals surface area contributed by atoms with Gasteiger partial charge in [0.05, 0.1) is 23.2 Å². The number of carbonyl (C=O) groups is 2. The summed E-state index contributed by atoms with van der Waals surface area (Å²) in [6.07, 6.45) is 7.20. The van der Waals surface area contributed by atoms with Crippen LogP contribution in [-0.2, 0) is 9.59 Å². The van der Waals surface area contributed by atoms with Crippen molar-refractivity contribution in [2.24, 2.45) is 5.41 Å². The molecule has 33 heavy (non-hydrogen) atoms. The molecule has 1 aromatic heterocycles. The zero-order valence-corrected chi connectivity index (χ0v) is 18.3. The number of hydrogen-bond donors (Lipinski definition) is 2. The average molecular weight is 447 g/mol. The van der Waals surface area contributed by atoms with Gasteiger partial charge in [-0.25, -0.2) is 0 Å². The molecule has 2 saturated heterocycles. The van der Waals surface area contributed by atoms with E-state index in [0.29, 0.717) is 35.8 Å². The number of nitriles is 1. The van der Waals surface area contributed by atoms with E-state index in [1.54, 1.807) is 6.07 Å². The first-order valence-electron chi connectivity index (χ1n) is 11.7. The molecule has 4 fully saturated rings. The van der Waals surface area contributed by atoms with Gasteiger partial charge in [0, 0.05) is 25.4 Å². The number of nitrogens with one attached hydrogen (secondary N) is 2. The minimum atomic E-state index is -0.392. The van der Waals surface area contributed by atoms with E-state index < -0.39 is 5.92 Å². The Labute approximate surface area is 191 Å². The van der Waals surface area contributed by atoms with Crippen LogP contribution in [0.3, 0.4) is 0 Å². The molecule has 9 nitrogen and oxygen atoms in total. The minimum Gasteiger partial charge on any atom is -0.408 e. The fourth-order valence-electron chi connectivity index (χ4n) is 5.79. The Kier molecular flexibility index (Phi) is 4.64. The number of benzene rings is 1. The van der Waals surface area contributed by atoms with Gasteiger partial charge in [-0.3, -0.25) is 14.9 Å². The second-order valence-electron chi connectivity index (χ2n) is 10.0. The Morgan fingerprint density at radius 1 is 1.21 bits per heavy atom. The van der Waals surface area contributed by atoms with Crippen LogP contribution in [0.25, 0.3) is 0 Å². The van der Waals surface area contributed by atoms with E-state index in [1.807, 2.05) is 12.1 Å². The fraction of sp³-hybridized carbons (Fsp3) is 0.542. The Hall–Kier alpha value is -3.41. The summed E-state index contributed by atoms with van der Waals surface area (Å²) in [6.45, 7) is 1.44. The highest BCUT2D eigenvalue weighted by atomic mass is 16.4. The Morgan fingerprint density at radius 3 is 2.73 bits per heavy atom.